The monoisotopic (exact) mass is 438 g/mol. The van der Waals surface area contributed by atoms with Gasteiger partial charge in [0.1, 0.15) is 23.1 Å². The Hall–Kier alpha value is -3.70. The van der Waals surface area contributed by atoms with Gasteiger partial charge in [-0.25, -0.2) is 4.99 Å². The van der Waals surface area contributed by atoms with Crippen LogP contribution in [0.25, 0.3) is 11.3 Å². The number of ether oxygens (including phenoxy) is 2. The lowest BCUT2D eigenvalue weighted by atomic mass is 10.0. The fourth-order valence-corrected chi connectivity index (χ4v) is 4.21. The molecule has 0 spiro atoms. The molecule has 5 rings (SSSR count). The highest BCUT2D eigenvalue weighted by molar-refractivity contribution is 6.01. The largest absolute Gasteiger partial charge is 0.467 e. The molecule has 2 heterocycles. The molecule has 0 fully saturated rings. The smallest absolute Gasteiger partial charge is 0.223 e. The van der Waals surface area contributed by atoms with Crippen LogP contribution in [0, 0.1) is 0 Å². The van der Waals surface area contributed by atoms with Crippen molar-refractivity contribution in [3.63, 3.8) is 0 Å². The maximum atomic E-state index is 6.48. The van der Waals surface area contributed by atoms with Crippen LogP contribution in [-0.2, 0) is 22.3 Å². The Morgan fingerprint density at radius 3 is 2.18 bits per heavy atom. The summed E-state index contributed by atoms with van der Waals surface area (Å²) >= 11 is 0. The molecule has 0 unspecified atom stereocenters. The third-order valence-electron chi connectivity index (χ3n) is 5.84. The molecule has 0 saturated carbocycles. The van der Waals surface area contributed by atoms with Gasteiger partial charge in [-0.2, -0.15) is 0 Å². The summed E-state index contributed by atoms with van der Waals surface area (Å²) in [6, 6.07) is 30.4. The predicted octanol–water partition coefficient (Wildman–Crippen LogP) is 5.66. The molecule has 4 aromatic rings. The van der Waals surface area contributed by atoms with Gasteiger partial charge in [-0.1, -0.05) is 96.2 Å². The Kier molecular flexibility index (Phi) is 6.31. The summed E-state index contributed by atoms with van der Waals surface area (Å²) in [6.07, 6.45) is 1.32. The summed E-state index contributed by atoms with van der Waals surface area (Å²) in [7, 11) is 1.69. The van der Waals surface area contributed by atoms with Crippen LogP contribution >= 0.6 is 0 Å². The SMILES string of the molecule is COC[C@@H]1N=C(c2c(-c3ccccc3)noc2CCc2ccccc2)O[C@H]1c1ccccc1. The highest BCUT2D eigenvalue weighted by Crippen LogP contribution is 2.35. The van der Waals surface area contributed by atoms with E-state index in [1.54, 1.807) is 7.11 Å². The molecule has 5 heteroatoms. The highest BCUT2D eigenvalue weighted by atomic mass is 16.5. The first-order valence-corrected chi connectivity index (χ1v) is 11.2. The van der Waals surface area contributed by atoms with Gasteiger partial charge < -0.3 is 14.0 Å². The van der Waals surface area contributed by atoms with Gasteiger partial charge in [-0.05, 0) is 17.5 Å². The van der Waals surface area contributed by atoms with E-state index in [2.05, 4.69) is 41.6 Å². The average molecular weight is 439 g/mol. The summed E-state index contributed by atoms with van der Waals surface area (Å²) in [5.41, 5.74) is 4.87. The van der Waals surface area contributed by atoms with Crippen molar-refractivity contribution in [1.29, 1.82) is 0 Å². The number of aryl methyl sites for hydroxylation is 2. The minimum Gasteiger partial charge on any atom is -0.467 e. The van der Waals surface area contributed by atoms with Crippen molar-refractivity contribution < 1.29 is 14.0 Å². The Labute approximate surface area is 193 Å². The van der Waals surface area contributed by atoms with Crippen molar-refractivity contribution in [3.05, 3.63) is 113 Å². The van der Waals surface area contributed by atoms with Crippen LogP contribution in [0.1, 0.15) is 28.6 Å². The van der Waals surface area contributed by atoms with E-state index in [-0.39, 0.29) is 12.1 Å². The number of nitrogens with zero attached hydrogens (tertiary/aromatic N) is 2. The van der Waals surface area contributed by atoms with E-state index < -0.39 is 0 Å². The topological polar surface area (TPSA) is 56.9 Å². The van der Waals surface area contributed by atoms with Crippen LogP contribution < -0.4 is 0 Å². The lowest BCUT2D eigenvalue weighted by molar-refractivity contribution is 0.120. The van der Waals surface area contributed by atoms with Gasteiger partial charge in [0.25, 0.3) is 0 Å². The lowest BCUT2D eigenvalue weighted by Crippen LogP contribution is -2.19. The van der Waals surface area contributed by atoms with Crippen molar-refractivity contribution in [1.82, 2.24) is 5.16 Å². The number of benzene rings is 3. The van der Waals surface area contributed by atoms with Crippen LogP contribution in [0.4, 0.5) is 0 Å². The first kappa shape index (κ1) is 21.2. The van der Waals surface area contributed by atoms with Crippen LogP contribution in [-0.4, -0.2) is 30.8 Å². The molecule has 1 aliphatic heterocycles. The maximum Gasteiger partial charge on any atom is 0.223 e. The quantitative estimate of drug-likeness (QED) is 0.356. The molecule has 33 heavy (non-hydrogen) atoms. The zero-order valence-electron chi connectivity index (χ0n) is 18.6. The van der Waals surface area contributed by atoms with Crippen molar-refractivity contribution in [2.45, 2.75) is 25.0 Å². The third kappa shape index (κ3) is 4.59. The highest BCUT2D eigenvalue weighted by Gasteiger charge is 2.36. The second kappa shape index (κ2) is 9.84. The molecule has 0 bridgehead atoms. The summed E-state index contributed by atoms with van der Waals surface area (Å²) in [4.78, 5) is 4.95. The normalized spacial score (nSPS) is 17.5. The fourth-order valence-electron chi connectivity index (χ4n) is 4.21. The van der Waals surface area contributed by atoms with Gasteiger partial charge in [0.05, 0.1) is 6.61 Å². The fraction of sp³-hybridized carbons (Fsp3) is 0.214. The Balaban J connectivity index is 1.52. The second-order valence-electron chi connectivity index (χ2n) is 8.09. The van der Waals surface area contributed by atoms with Crippen molar-refractivity contribution in [2.24, 2.45) is 4.99 Å². The Morgan fingerprint density at radius 2 is 1.48 bits per heavy atom. The number of aliphatic imine (C=N–C) groups is 1. The summed E-state index contributed by atoms with van der Waals surface area (Å²) in [5, 5.41) is 4.44. The van der Waals surface area contributed by atoms with Gasteiger partial charge in [0, 0.05) is 19.1 Å². The van der Waals surface area contributed by atoms with Gasteiger partial charge in [0.15, 0.2) is 6.10 Å². The minimum absolute atomic E-state index is 0.145. The number of aromatic nitrogens is 1. The first-order valence-electron chi connectivity index (χ1n) is 11.2. The van der Waals surface area contributed by atoms with Crippen molar-refractivity contribution >= 4 is 5.90 Å². The van der Waals surface area contributed by atoms with Crippen molar-refractivity contribution in [2.75, 3.05) is 13.7 Å². The molecule has 0 amide bonds. The number of rotatable bonds is 8. The molecule has 1 aliphatic rings. The van der Waals surface area contributed by atoms with Crippen LogP contribution in [0.5, 0.6) is 0 Å². The molecule has 0 N–H and O–H groups in total. The van der Waals surface area contributed by atoms with E-state index in [1.165, 1.54) is 5.56 Å². The van der Waals surface area contributed by atoms with E-state index in [9.17, 15) is 0 Å². The summed E-state index contributed by atoms with van der Waals surface area (Å²) < 4.78 is 17.8. The standard InChI is InChI=1S/C28H26N2O3/c1-31-19-23-27(22-15-9-4-10-16-22)32-28(29-23)25-24(18-17-20-11-5-2-6-12-20)33-30-26(25)21-13-7-3-8-14-21/h2-16,23,27H,17-19H2,1H3/t23-,27-/m0/s1. The van der Waals surface area contributed by atoms with Crippen molar-refractivity contribution in [3.8, 4) is 11.3 Å². The maximum absolute atomic E-state index is 6.48. The van der Waals surface area contributed by atoms with Gasteiger partial charge in [0.2, 0.25) is 5.90 Å². The zero-order valence-corrected chi connectivity index (χ0v) is 18.6. The van der Waals surface area contributed by atoms with Crippen LogP contribution in [0.15, 0.2) is 101 Å². The first-order chi connectivity index (χ1) is 16.3. The molecule has 0 aliphatic carbocycles. The third-order valence-corrected chi connectivity index (χ3v) is 5.84. The molecule has 0 radical (unpaired) electrons. The van der Waals surface area contributed by atoms with E-state index in [0.717, 1.165) is 34.6 Å². The molecule has 166 valence electrons. The Morgan fingerprint density at radius 1 is 0.818 bits per heavy atom. The molecule has 5 nitrogen and oxygen atoms in total. The lowest BCUT2D eigenvalue weighted by Gasteiger charge is -2.17. The van der Waals surface area contributed by atoms with Gasteiger partial charge in [-0.3, -0.25) is 0 Å². The molecule has 3 aromatic carbocycles. The van der Waals surface area contributed by atoms with E-state index in [4.69, 9.17) is 19.0 Å². The molecule has 0 saturated heterocycles. The van der Waals surface area contributed by atoms with E-state index >= 15 is 0 Å². The van der Waals surface area contributed by atoms with E-state index in [1.807, 2.05) is 54.6 Å². The second-order valence-corrected chi connectivity index (χ2v) is 8.09. The van der Waals surface area contributed by atoms with Gasteiger partial charge in [-0.15, -0.1) is 0 Å². The number of hydrogen-bond acceptors (Lipinski definition) is 5. The van der Waals surface area contributed by atoms with E-state index in [0.29, 0.717) is 18.9 Å². The average Bonchev–Trinajstić information content (AvgIpc) is 3.49. The minimum atomic E-state index is -0.221. The predicted molar refractivity (Wildman–Crippen MR) is 128 cm³/mol. The molecular weight excluding hydrogens is 412 g/mol. The molecule has 1 aromatic heterocycles. The van der Waals surface area contributed by atoms with Gasteiger partial charge >= 0.3 is 0 Å². The number of hydrogen-bond donors (Lipinski definition) is 0. The zero-order chi connectivity index (χ0) is 22.5. The molecule has 2 atom stereocenters. The van der Waals surface area contributed by atoms with Crippen LogP contribution in [0.3, 0.4) is 0 Å². The Bertz CT molecular complexity index is 1200. The summed E-state index contributed by atoms with van der Waals surface area (Å²) in [6.45, 7) is 0.467. The van der Waals surface area contributed by atoms with Crippen LogP contribution in [0.2, 0.25) is 0 Å². The number of methoxy groups -OCH3 is 1. The summed E-state index contributed by atoms with van der Waals surface area (Å²) in [5.74, 6) is 1.34. The molecular formula is C28H26N2O3.